The van der Waals surface area contributed by atoms with Crippen LogP contribution in [0.2, 0.25) is 0 Å². The average molecular weight is 289 g/mol. The number of nitrogens with zero attached hydrogens (tertiary/aromatic N) is 2. The third kappa shape index (κ3) is 4.86. The minimum Gasteiger partial charge on any atom is -0.483 e. The van der Waals surface area contributed by atoms with E-state index in [9.17, 15) is 0 Å². The molecule has 0 aliphatic heterocycles. The minimum absolute atomic E-state index is 0.307. The quantitative estimate of drug-likeness (QED) is 0.719. The summed E-state index contributed by atoms with van der Waals surface area (Å²) in [5.41, 5.74) is 1.14. The summed E-state index contributed by atoms with van der Waals surface area (Å²) >= 11 is 0. The van der Waals surface area contributed by atoms with Crippen LogP contribution in [0.5, 0.6) is 5.75 Å². The van der Waals surface area contributed by atoms with Crippen LogP contribution in [0.1, 0.15) is 44.0 Å². The zero-order valence-electron chi connectivity index (χ0n) is 12.8. The van der Waals surface area contributed by atoms with Crippen LogP contribution in [-0.2, 0) is 19.6 Å². The molecule has 114 valence electrons. The maximum Gasteiger partial charge on any atom is 0.264 e. The molecule has 21 heavy (non-hydrogen) atoms. The Balaban J connectivity index is 1.92. The molecule has 0 unspecified atom stereocenters. The Kier molecular flexibility index (Phi) is 6.22. The van der Waals surface area contributed by atoms with Crippen molar-refractivity contribution in [3.63, 3.8) is 0 Å². The molecule has 0 spiro atoms. The molecule has 0 saturated carbocycles. The third-order valence-corrected chi connectivity index (χ3v) is 3.05. The largest absolute Gasteiger partial charge is 0.483 e. The van der Waals surface area contributed by atoms with E-state index in [1.165, 1.54) is 0 Å². The van der Waals surface area contributed by atoms with Crippen LogP contribution in [0.25, 0.3) is 0 Å². The van der Waals surface area contributed by atoms with Gasteiger partial charge in [0, 0.05) is 18.5 Å². The summed E-state index contributed by atoms with van der Waals surface area (Å²) in [7, 11) is 0. The van der Waals surface area contributed by atoms with Gasteiger partial charge in [0.1, 0.15) is 5.75 Å². The Bertz CT molecular complexity index is 540. The molecule has 1 N–H and O–H groups in total. The number of aryl methyl sites for hydroxylation is 1. The van der Waals surface area contributed by atoms with Gasteiger partial charge in [0.25, 0.3) is 5.89 Å². The average Bonchev–Trinajstić information content (AvgIpc) is 2.95. The molecule has 0 atom stereocenters. The van der Waals surface area contributed by atoms with E-state index in [2.05, 4.69) is 35.4 Å². The molecule has 1 heterocycles. The van der Waals surface area contributed by atoms with Gasteiger partial charge in [0.05, 0.1) is 0 Å². The Morgan fingerprint density at radius 1 is 1.19 bits per heavy atom. The van der Waals surface area contributed by atoms with Gasteiger partial charge in [0.2, 0.25) is 0 Å². The number of rotatable bonds is 9. The van der Waals surface area contributed by atoms with Gasteiger partial charge in [-0.05, 0) is 25.5 Å². The van der Waals surface area contributed by atoms with Crippen molar-refractivity contribution < 1.29 is 9.26 Å². The normalized spacial score (nSPS) is 10.8. The highest BCUT2D eigenvalue weighted by atomic mass is 16.5. The van der Waals surface area contributed by atoms with Gasteiger partial charge in [-0.3, -0.25) is 0 Å². The lowest BCUT2D eigenvalue weighted by atomic mass is 10.2. The van der Waals surface area contributed by atoms with E-state index in [0.29, 0.717) is 12.5 Å². The number of ether oxygens (including phenoxy) is 1. The standard InChI is InChI=1S/C16H23N3O2/c1-3-7-15-18-16(21-19-15)12-20-14-9-6-5-8-13(14)11-17-10-4-2/h5-6,8-9,17H,3-4,7,10-12H2,1-2H3. The zero-order valence-corrected chi connectivity index (χ0v) is 12.8. The number of nitrogens with one attached hydrogen (secondary N) is 1. The van der Waals surface area contributed by atoms with Gasteiger partial charge in [-0.1, -0.05) is 37.2 Å². The van der Waals surface area contributed by atoms with E-state index in [1.807, 2.05) is 18.2 Å². The number of hydrogen-bond donors (Lipinski definition) is 1. The number of para-hydroxylation sites is 1. The van der Waals surface area contributed by atoms with Crippen molar-refractivity contribution in [2.45, 2.75) is 46.3 Å². The number of hydrogen-bond acceptors (Lipinski definition) is 5. The zero-order chi connectivity index (χ0) is 14.9. The molecule has 5 heteroatoms. The van der Waals surface area contributed by atoms with Crippen molar-refractivity contribution in [3.05, 3.63) is 41.5 Å². The Hall–Kier alpha value is -1.88. The van der Waals surface area contributed by atoms with E-state index >= 15 is 0 Å². The first-order chi connectivity index (χ1) is 10.3. The van der Waals surface area contributed by atoms with E-state index < -0.39 is 0 Å². The molecule has 5 nitrogen and oxygen atoms in total. The lowest BCUT2D eigenvalue weighted by Gasteiger charge is -2.10. The van der Waals surface area contributed by atoms with Crippen molar-refractivity contribution in [2.24, 2.45) is 0 Å². The van der Waals surface area contributed by atoms with Crippen molar-refractivity contribution in [1.82, 2.24) is 15.5 Å². The van der Waals surface area contributed by atoms with Crippen molar-refractivity contribution in [3.8, 4) is 5.75 Å². The van der Waals surface area contributed by atoms with Gasteiger partial charge in [-0.15, -0.1) is 0 Å². The molecule has 0 amide bonds. The van der Waals surface area contributed by atoms with Crippen LogP contribution in [-0.4, -0.2) is 16.7 Å². The fourth-order valence-electron chi connectivity index (χ4n) is 2.00. The summed E-state index contributed by atoms with van der Waals surface area (Å²) < 4.78 is 11.0. The summed E-state index contributed by atoms with van der Waals surface area (Å²) in [4.78, 5) is 4.30. The summed E-state index contributed by atoms with van der Waals surface area (Å²) in [6.45, 7) is 6.35. The first kappa shape index (κ1) is 15.5. The second-order valence-corrected chi connectivity index (χ2v) is 4.93. The predicted octanol–water partition coefficient (Wildman–Crippen LogP) is 3.10. The molecular weight excluding hydrogens is 266 g/mol. The van der Waals surface area contributed by atoms with Gasteiger partial charge in [-0.2, -0.15) is 4.98 Å². The highest BCUT2D eigenvalue weighted by Crippen LogP contribution is 2.19. The number of aromatic nitrogens is 2. The molecule has 0 bridgehead atoms. The summed E-state index contributed by atoms with van der Waals surface area (Å²) in [5.74, 6) is 2.13. The summed E-state index contributed by atoms with van der Waals surface area (Å²) in [6, 6.07) is 8.01. The van der Waals surface area contributed by atoms with E-state index in [4.69, 9.17) is 9.26 Å². The first-order valence-electron chi connectivity index (χ1n) is 7.56. The van der Waals surface area contributed by atoms with Gasteiger partial charge in [0.15, 0.2) is 12.4 Å². The highest BCUT2D eigenvalue weighted by molar-refractivity contribution is 5.33. The van der Waals surface area contributed by atoms with Crippen molar-refractivity contribution >= 4 is 0 Å². The SMILES string of the molecule is CCCNCc1ccccc1OCc1nc(CCC)no1. The lowest BCUT2D eigenvalue weighted by Crippen LogP contribution is -2.14. The minimum atomic E-state index is 0.307. The molecule has 2 rings (SSSR count). The molecule has 0 saturated heterocycles. The second-order valence-electron chi connectivity index (χ2n) is 4.93. The third-order valence-electron chi connectivity index (χ3n) is 3.05. The monoisotopic (exact) mass is 289 g/mol. The van der Waals surface area contributed by atoms with Crippen LogP contribution in [0.15, 0.2) is 28.8 Å². The molecule has 1 aromatic carbocycles. The van der Waals surface area contributed by atoms with Crippen molar-refractivity contribution in [2.75, 3.05) is 6.54 Å². The maximum atomic E-state index is 5.81. The molecule has 0 aliphatic carbocycles. The Morgan fingerprint density at radius 2 is 2.05 bits per heavy atom. The van der Waals surface area contributed by atoms with Crippen LogP contribution in [0, 0.1) is 0 Å². The summed E-state index contributed by atoms with van der Waals surface area (Å²) in [6.07, 6.45) is 2.96. The predicted molar refractivity (Wildman–Crippen MR) is 81.1 cm³/mol. The fraction of sp³-hybridized carbons (Fsp3) is 0.500. The summed E-state index contributed by atoms with van der Waals surface area (Å²) in [5, 5.41) is 7.30. The maximum absolute atomic E-state index is 5.81. The highest BCUT2D eigenvalue weighted by Gasteiger charge is 2.08. The molecule has 0 radical (unpaired) electrons. The van der Waals surface area contributed by atoms with Crippen LogP contribution >= 0.6 is 0 Å². The fourth-order valence-corrected chi connectivity index (χ4v) is 2.00. The van der Waals surface area contributed by atoms with Gasteiger partial charge in [-0.25, -0.2) is 0 Å². The van der Waals surface area contributed by atoms with Crippen LogP contribution < -0.4 is 10.1 Å². The Morgan fingerprint density at radius 3 is 2.86 bits per heavy atom. The van der Waals surface area contributed by atoms with E-state index in [0.717, 1.165) is 49.5 Å². The lowest BCUT2D eigenvalue weighted by molar-refractivity contribution is 0.240. The molecule has 2 aromatic rings. The molecular formula is C16H23N3O2. The molecule has 0 aliphatic rings. The van der Waals surface area contributed by atoms with Crippen molar-refractivity contribution in [1.29, 1.82) is 0 Å². The van der Waals surface area contributed by atoms with Crippen LogP contribution in [0.3, 0.4) is 0 Å². The molecule has 0 fully saturated rings. The Labute approximate surface area is 125 Å². The van der Waals surface area contributed by atoms with Gasteiger partial charge < -0.3 is 14.6 Å². The van der Waals surface area contributed by atoms with E-state index in [1.54, 1.807) is 0 Å². The van der Waals surface area contributed by atoms with Gasteiger partial charge >= 0.3 is 0 Å². The second kappa shape index (κ2) is 8.42. The van der Waals surface area contributed by atoms with Crippen LogP contribution in [0.4, 0.5) is 0 Å². The topological polar surface area (TPSA) is 60.2 Å². The molecule has 1 aromatic heterocycles. The first-order valence-corrected chi connectivity index (χ1v) is 7.56. The smallest absolute Gasteiger partial charge is 0.264 e. The van der Waals surface area contributed by atoms with E-state index in [-0.39, 0.29) is 0 Å². The number of benzene rings is 1.